The highest BCUT2D eigenvalue weighted by Gasteiger charge is 2.26. The van der Waals surface area contributed by atoms with E-state index in [1.165, 1.54) is 11.8 Å². The molecule has 0 aliphatic carbocycles. The molecule has 1 heterocycles. The van der Waals surface area contributed by atoms with E-state index in [0.717, 1.165) is 5.56 Å². The summed E-state index contributed by atoms with van der Waals surface area (Å²) in [5.74, 6) is -1.000. The summed E-state index contributed by atoms with van der Waals surface area (Å²) in [4.78, 5) is 50.9. The molecule has 3 N–H and O–H groups in total. The molecule has 0 radical (unpaired) electrons. The summed E-state index contributed by atoms with van der Waals surface area (Å²) in [6, 6.07) is 8.15. The number of hydrogen-bond donors (Lipinski definition) is 3. The Kier molecular flexibility index (Phi) is 9.56. The number of ether oxygens (including phenoxy) is 2. The first kappa shape index (κ1) is 23.9. The van der Waals surface area contributed by atoms with Gasteiger partial charge in [0, 0.05) is 26.2 Å². The first-order valence-corrected chi connectivity index (χ1v) is 10.1. The van der Waals surface area contributed by atoms with Crippen molar-refractivity contribution < 1.29 is 28.7 Å². The summed E-state index contributed by atoms with van der Waals surface area (Å²) >= 11 is 0. The van der Waals surface area contributed by atoms with Gasteiger partial charge in [0.2, 0.25) is 0 Å². The lowest BCUT2D eigenvalue weighted by Crippen LogP contribution is -2.57. The van der Waals surface area contributed by atoms with E-state index < -0.39 is 30.0 Å². The fourth-order valence-corrected chi connectivity index (χ4v) is 2.77. The topological polar surface area (TPSA) is 129 Å². The Morgan fingerprint density at radius 1 is 1.00 bits per heavy atom. The second-order valence-corrected chi connectivity index (χ2v) is 6.83. The molecule has 11 nitrogen and oxygen atoms in total. The molecule has 0 unspecified atom stereocenters. The summed E-state index contributed by atoms with van der Waals surface area (Å²) in [6.45, 7) is 4.78. The quantitative estimate of drug-likeness (QED) is 0.394. The predicted molar refractivity (Wildman–Crippen MR) is 111 cm³/mol. The number of amides is 4. The van der Waals surface area contributed by atoms with Gasteiger partial charge in [0.1, 0.15) is 19.2 Å². The van der Waals surface area contributed by atoms with E-state index in [-0.39, 0.29) is 19.8 Å². The van der Waals surface area contributed by atoms with Crippen LogP contribution >= 0.6 is 0 Å². The molecule has 1 atom stereocenters. The highest BCUT2D eigenvalue weighted by atomic mass is 16.6. The predicted octanol–water partition coefficient (Wildman–Crippen LogP) is 0.223. The molecule has 0 spiro atoms. The number of nitrogens with one attached hydrogen (secondary N) is 3. The summed E-state index contributed by atoms with van der Waals surface area (Å²) in [7, 11) is 0. The molecule has 1 fully saturated rings. The second kappa shape index (κ2) is 12.4. The number of rotatable bonds is 8. The number of esters is 1. The third-order valence-electron chi connectivity index (χ3n) is 4.51. The maximum absolute atomic E-state index is 12.4. The molecule has 1 aromatic carbocycles. The standard InChI is InChI=1S/C20H29N5O6/c1-3-30-17(26)13-21-23-18(27)15(2)22-19(28)24-9-11-25(12-10-24)20(29)31-14-16-7-5-4-6-8-16/h4-8,15,21H,3,9-14H2,1-2H3,(H,22,28)(H,23,27)/t15-/m0/s1. The van der Waals surface area contributed by atoms with Crippen molar-refractivity contribution in [2.24, 2.45) is 0 Å². The van der Waals surface area contributed by atoms with Gasteiger partial charge >= 0.3 is 18.1 Å². The SMILES string of the molecule is CCOC(=O)CNNC(=O)[C@H](C)NC(=O)N1CCN(C(=O)OCc2ccccc2)CC1. The fourth-order valence-electron chi connectivity index (χ4n) is 2.77. The summed E-state index contributed by atoms with van der Waals surface area (Å²) in [5.41, 5.74) is 5.69. The second-order valence-electron chi connectivity index (χ2n) is 6.83. The number of hydrazine groups is 1. The third-order valence-corrected chi connectivity index (χ3v) is 4.51. The molecule has 1 aromatic rings. The van der Waals surface area contributed by atoms with Crippen LogP contribution < -0.4 is 16.2 Å². The minimum absolute atomic E-state index is 0.178. The number of urea groups is 1. The van der Waals surface area contributed by atoms with E-state index in [9.17, 15) is 19.2 Å². The van der Waals surface area contributed by atoms with Crippen molar-refractivity contribution >= 4 is 24.0 Å². The summed E-state index contributed by atoms with van der Waals surface area (Å²) in [5, 5.41) is 2.59. The van der Waals surface area contributed by atoms with Crippen LogP contribution in [-0.2, 0) is 25.7 Å². The van der Waals surface area contributed by atoms with Crippen LogP contribution in [0.4, 0.5) is 9.59 Å². The number of hydrogen-bond acceptors (Lipinski definition) is 7. The van der Waals surface area contributed by atoms with Crippen molar-refractivity contribution in [1.29, 1.82) is 0 Å². The average molecular weight is 435 g/mol. The Hall–Kier alpha value is -3.34. The van der Waals surface area contributed by atoms with E-state index in [1.54, 1.807) is 11.8 Å². The maximum Gasteiger partial charge on any atom is 0.410 e. The normalized spacial score (nSPS) is 14.4. The highest BCUT2D eigenvalue weighted by molar-refractivity contribution is 5.86. The third kappa shape index (κ3) is 8.13. The van der Waals surface area contributed by atoms with Gasteiger partial charge in [-0.1, -0.05) is 30.3 Å². The van der Waals surface area contributed by atoms with Crippen LogP contribution in [0.15, 0.2) is 30.3 Å². The van der Waals surface area contributed by atoms with Gasteiger partial charge in [0.05, 0.1) is 6.61 Å². The van der Waals surface area contributed by atoms with Crippen LogP contribution in [0.1, 0.15) is 19.4 Å². The van der Waals surface area contributed by atoms with Crippen molar-refractivity contribution in [3.8, 4) is 0 Å². The smallest absolute Gasteiger partial charge is 0.410 e. The van der Waals surface area contributed by atoms with Crippen molar-refractivity contribution in [2.75, 3.05) is 39.3 Å². The zero-order valence-electron chi connectivity index (χ0n) is 17.8. The van der Waals surface area contributed by atoms with Gasteiger partial charge in [-0.15, -0.1) is 0 Å². The first-order chi connectivity index (χ1) is 14.9. The lowest BCUT2D eigenvalue weighted by Gasteiger charge is -2.34. The van der Waals surface area contributed by atoms with Crippen molar-refractivity contribution in [3.05, 3.63) is 35.9 Å². The number of nitrogens with zero attached hydrogens (tertiary/aromatic N) is 2. The molecule has 11 heteroatoms. The zero-order valence-corrected chi connectivity index (χ0v) is 17.8. The summed E-state index contributed by atoms with van der Waals surface area (Å²) in [6.07, 6.45) is -0.427. The van der Waals surface area contributed by atoms with Gasteiger partial charge in [-0.25, -0.2) is 15.0 Å². The zero-order chi connectivity index (χ0) is 22.6. The lowest BCUT2D eigenvalue weighted by molar-refractivity contribution is -0.142. The Balaban J connectivity index is 1.66. The van der Waals surface area contributed by atoms with Crippen molar-refractivity contribution in [2.45, 2.75) is 26.5 Å². The minimum atomic E-state index is -0.823. The minimum Gasteiger partial charge on any atom is -0.465 e. The molecule has 2 rings (SSSR count). The molecule has 1 aliphatic rings. The summed E-state index contributed by atoms with van der Waals surface area (Å²) < 4.78 is 10.0. The monoisotopic (exact) mass is 435 g/mol. The van der Waals surface area contributed by atoms with Crippen molar-refractivity contribution in [3.63, 3.8) is 0 Å². The van der Waals surface area contributed by atoms with Crippen LogP contribution in [0.2, 0.25) is 0 Å². The molecule has 0 saturated carbocycles. The van der Waals surface area contributed by atoms with Crippen LogP contribution in [0.5, 0.6) is 0 Å². The van der Waals surface area contributed by atoms with Gasteiger partial charge in [-0.05, 0) is 19.4 Å². The molecule has 1 aliphatic heterocycles. The first-order valence-electron chi connectivity index (χ1n) is 10.1. The molecule has 31 heavy (non-hydrogen) atoms. The molecular weight excluding hydrogens is 406 g/mol. The number of carbonyl (C=O) groups excluding carboxylic acids is 4. The fraction of sp³-hybridized carbons (Fsp3) is 0.500. The highest BCUT2D eigenvalue weighted by Crippen LogP contribution is 2.07. The average Bonchev–Trinajstić information content (AvgIpc) is 2.78. The Labute approximate surface area is 181 Å². The van der Waals surface area contributed by atoms with Crippen LogP contribution in [0.3, 0.4) is 0 Å². The number of piperazine rings is 1. The molecule has 4 amide bonds. The van der Waals surface area contributed by atoms with E-state index in [2.05, 4.69) is 16.2 Å². The van der Waals surface area contributed by atoms with Crippen LogP contribution in [0, 0.1) is 0 Å². The van der Waals surface area contributed by atoms with Gasteiger partial charge in [0.15, 0.2) is 0 Å². The Morgan fingerprint density at radius 2 is 1.65 bits per heavy atom. The molecule has 170 valence electrons. The largest absolute Gasteiger partial charge is 0.465 e. The Bertz CT molecular complexity index is 752. The van der Waals surface area contributed by atoms with Gasteiger partial charge in [0.25, 0.3) is 5.91 Å². The maximum atomic E-state index is 12.4. The van der Waals surface area contributed by atoms with Crippen molar-refractivity contribution in [1.82, 2.24) is 26.0 Å². The van der Waals surface area contributed by atoms with Crippen LogP contribution in [-0.4, -0.2) is 79.2 Å². The number of carbonyl (C=O) groups is 4. The van der Waals surface area contributed by atoms with Gasteiger partial charge < -0.3 is 24.6 Å². The number of benzene rings is 1. The van der Waals surface area contributed by atoms with E-state index >= 15 is 0 Å². The van der Waals surface area contributed by atoms with E-state index in [1.807, 2.05) is 30.3 Å². The van der Waals surface area contributed by atoms with Gasteiger partial charge in [-0.2, -0.15) is 0 Å². The Morgan fingerprint density at radius 3 is 2.29 bits per heavy atom. The molecule has 1 saturated heterocycles. The molecule has 0 bridgehead atoms. The molecular formula is C20H29N5O6. The van der Waals surface area contributed by atoms with E-state index in [4.69, 9.17) is 9.47 Å². The van der Waals surface area contributed by atoms with Crippen LogP contribution in [0.25, 0.3) is 0 Å². The molecule has 0 aromatic heterocycles. The van der Waals surface area contributed by atoms with E-state index in [0.29, 0.717) is 26.2 Å². The lowest BCUT2D eigenvalue weighted by atomic mass is 10.2. The van der Waals surface area contributed by atoms with Gasteiger partial charge in [-0.3, -0.25) is 15.0 Å².